The van der Waals surface area contributed by atoms with Crippen LogP contribution in [-0.2, 0) is 11.2 Å². The van der Waals surface area contributed by atoms with Gasteiger partial charge in [-0.1, -0.05) is 47.4 Å². The number of hydrogen-bond acceptors (Lipinski definition) is 8. The number of anilines is 2. The quantitative estimate of drug-likeness (QED) is 0.308. The minimum Gasteiger partial charge on any atom is -0.360 e. The molecule has 0 saturated heterocycles. The first-order chi connectivity index (χ1) is 15.7. The minimum absolute atomic E-state index is 0.0863. The topological polar surface area (TPSA) is 84.7 Å². The highest BCUT2D eigenvalue weighted by atomic mass is 32.2. The lowest BCUT2D eigenvalue weighted by Crippen LogP contribution is -2.16. The van der Waals surface area contributed by atoms with Crippen LogP contribution >= 0.6 is 34.4 Å². The van der Waals surface area contributed by atoms with Crippen LogP contribution in [0.3, 0.4) is 0 Å². The lowest BCUT2D eigenvalue weighted by molar-refractivity contribution is -0.113. The maximum Gasteiger partial charge on any atom is 0.235 e. The van der Waals surface area contributed by atoms with E-state index in [0.29, 0.717) is 11.7 Å². The van der Waals surface area contributed by atoms with Crippen molar-refractivity contribution in [2.75, 3.05) is 22.9 Å². The standard InChI is InChI=1S/C22H22N6OS3/c29-20(14-31-22-26-25-21(32-22)23-11-10-17-7-4-12-30-17)24-19-13-18(15-8-9-15)27-28(19)16-5-2-1-3-6-16/h1-7,12-13,15H,8-11,14H2,(H,23,25)(H,24,29). The number of nitrogens with one attached hydrogen (secondary N) is 2. The van der Waals surface area contributed by atoms with Crippen LogP contribution < -0.4 is 10.6 Å². The molecule has 1 aliphatic rings. The fourth-order valence-electron chi connectivity index (χ4n) is 3.23. The molecule has 0 atom stereocenters. The Labute approximate surface area is 198 Å². The molecule has 3 aromatic heterocycles. The monoisotopic (exact) mass is 482 g/mol. The molecule has 1 fully saturated rings. The molecular formula is C22H22N6OS3. The van der Waals surface area contributed by atoms with E-state index in [1.165, 1.54) is 28.0 Å². The van der Waals surface area contributed by atoms with Gasteiger partial charge in [0.15, 0.2) is 4.34 Å². The summed E-state index contributed by atoms with van der Waals surface area (Å²) in [6.07, 6.45) is 3.28. The first-order valence-electron chi connectivity index (χ1n) is 10.4. The van der Waals surface area contributed by atoms with E-state index in [4.69, 9.17) is 5.10 Å². The van der Waals surface area contributed by atoms with Crippen molar-refractivity contribution >= 4 is 51.3 Å². The fourth-order valence-corrected chi connectivity index (χ4v) is 5.51. The van der Waals surface area contributed by atoms with Gasteiger partial charge in [0.1, 0.15) is 5.82 Å². The summed E-state index contributed by atoms with van der Waals surface area (Å²) in [5.74, 6) is 1.40. The van der Waals surface area contributed by atoms with Gasteiger partial charge in [-0.2, -0.15) is 5.10 Å². The molecule has 10 heteroatoms. The fraction of sp³-hybridized carbons (Fsp3) is 0.273. The summed E-state index contributed by atoms with van der Waals surface area (Å²) in [5, 5.41) is 22.3. The number of thioether (sulfide) groups is 1. The highest BCUT2D eigenvalue weighted by molar-refractivity contribution is 8.01. The zero-order chi connectivity index (χ0) is 21.8. The predicted octanol–water partition coefficient (Wildman–Crippen LogP) is 5.05. The highest BCUT2D eigenvalue weighted by Gasteiger charge is 2.28. The van der Waals surface area contributed by atoms with Crippen LogP contribution in [0.2, 0.25) is 0 Å². The van der Waals surface area contributed by atoms with Crippen LogP contribution in [0.15, 0.2) is 58.3 Å². The first kappa shape index (κ1) is 21.2. The molecular weight excluding hydrogens is 460 g/mol. The van der Waals surface area contributed by atoms with Crippen LogP contribution in [0.5, 0.6) is 0 Å². The van der Waals surface area contributed by atoms with Crippen molar-refractivity contribution in [3.8, 4) is 5.69 Å². The third-order valence-electron chi connectivity index (χ3n) is 4.95. The van der Waals surface area contributed by atoms with Crippen molar-refractivity contribution in [2.45, 2.75) is 29.5 Å². The Kier molecular flexibility index (Phi) is 6.51. The van der Waals surface area contributed by atoms with Gasteiger partial charge in [-0.3, -0.25) is 4.79 Å². The molecule has 4 aromatic rings. The number of nitrogens with zero attached hydrogens (tertiary/aromatic N) is 4. The number of aromatic nitrogens is 4. The average Bonchev–Trinajstić information content (AvgIpc) is 3.17. The lowest BCUT2D eigenvalue weighted by Gasteiger charge is -2.08. The summed E-state index contributed by atoms with van der Waals surface area (Å²) in [7, 11) is 0. The molecule has 0 radical (unpaired) electrons. The van der Waals surface area contributed by atoms with Gasteiger partial charge >= 0.3 is 0 Å². The molecule has 1 amide bonds. The van der Waals surface area contributed by atoms with E-state index in [9.17, 15) is 4.79 Å². The molecule has 1 aromatic carbocycles. The molecule has 32 heavy (non-hydrogen) atoms. The number of thiophene rings is 1. The number of carbonyl (C=O) groups excluding carboxylic acids is 1. The smallest absolute Gasteiger partial charge is 0.235 e. The third-order valence-corrected chi connectivity index (χ3v) is 7.90. The van der Waals surface area contributed by atoms with E-state index in [0.717, 1.165) is 46.7 Å². The number of carbonyl (C=O) groups is 1. The van der Waals surface area contributed by atoms with Gasteiger partial charge in [0.25, 0.3) is 0 Å². The molecule has 5 rings (SSSR count). The predicted molar refractivity (Wildman–Crippen MR) is 131 cm³/mol. The Morgan fingerprint density at radius 3 is 2.81 bits per heavy atom. The Bertz CT molecular complexity index is 1170. The second-order valence-electron chi connectivity index (χ2n) is 7.44. The largest absolute Gasteiger partial charge is 0.360 e. The normalized spacial score (nSPS) is 13.2. The van der Waals surface area contributed by atoms with Gasteiger partial charge in [-0.15, -0.1) is 21.5 Å². The molecule has 1 aliphatic carbocycles. The average molecular weight is 483 g/mol. The minimum atomic E-state index is -0.0863. The zero-order valence-corrected chi connectivity index (χ0v) is 19.7. The summed E-state index contributed by atoms with van der Waals surface area (Å²) >= 11 is 4.62. The van der Waals surface area contributed by atoms with Gasteiger partial charge in [0.2, 0.25) is 11.0 Å². The van der Waals surface area contributed by atoms with Crippen LogP contribution in [0, 0.1) is 0 Å². The molecule has 7 nitrogen and oxygen atoms in total. The van der Waals surface area contributed by atoms with E-state index in [-0.39, 0.29) is 11.7 Å². The number of hydrogen-bond donors (Lipinski definition) is 2. The maximum atomic E-state index is 12.6. The summed E-state index contributed by atoms with van der Waals surface area (Å²) in [6.45, 7) is 0.813. The summed E-state index contributed by atoms with van der Waals surface area (Å²) < 4.78 is 2.59. The van der Waals surface area contributed by atoms with Crippen molar-refractivity contribution in [1.82, 2.24) is 20.0 Å². The van der Waals surface area contributed by atoms with E-state index in [1.807, 2.05) is 41.1 Å². The van der Waals surface area contributed by atoms with Crippen LogP contribution in [-0.4, -0.2) is 38.2 Å². The van der Waals surface area contributed by atoms with Crippen molar-refractivity contribution in [3.05, 3.63) is 64.5 Å². The summed E-state index contributed by atoms with van der Waals surface area (Å²) in [6, 6.07) is 16.1. The molecule has 1 saturated carbocycles. The second kappa shape index (κ2) is 9.85. The number of amides is 1. The number of rotatable bonds is 10. The molecule has 0 spiro atoms. The third kappa shape index (κ3) is 5.37. The van der Waals surface area contributed by atoms with Gasteiger partial charge in [-0.25, -0.2) is 4.68 Å². The highest BCUT2D eigenvalue weighted by Crippen LogP contribution is 2.40. The van der Waals surface area contributed by atoms with E-state index < -0.39 is 0 Å². The van der Waals surface area contributed by atoms with E-state index in [2.05, 4.69) is 38.3 Å². The van der Waals surface area contributed by atoms with Crippen LogP contribution in [0.25, 0.3) is 5.69 Å². The van der Waals surface area contributed by atoms with Crippen molar-refractivity contribution in [2.24, 2.45) is 0 Å². The van der Waals surface area contributed by atoms with Crippen LogP contribution in [0.4, 0.5) is 10.9 Å². The van der Waals surface area contributed by atoms with Crippen molar-refractivity contribution in [3.63, 3.8) is 0 Å². The van der Waals surface area contributed by atoms with Crippen molar-refractivity contribution in [1.29, 1.82) is 0 Å². The summed E-state index contributed by atoms with van der Waals surface area (Å²) in [5.41, 5.74) is 1.98. The van der Waals surface area contributed by atoms with E-state index in [1.54, 1.807) is 11.3 Å². The van der Waals surface area contributed by atoms with Crippen molar-refractivity contribution < 1.29 is 4.79 Å². The second-order valence-corrected chi connectivity index (χ2v) is 10.7. The summed E-state index contributed by atoms with van der Waals surface area (Å²) in [4.78, 5) is 14.0. The molecule has 3 heterocycles. The van der Waals surface area contributed by atoms with Gasteiger partial charge in [-0.05, 0) is 42.8 Å². The number of benzene rings is 1. The Balaban J connectivity index is 1.16. The Morgan fingerprint density at radius 1 is 1.16 bits per heavy atom. The molecule has 164 valence electrons. The molecule has 0 bridgehead atoms. The first-order valence-corrected chi connectivity index (χ1v) is 13.1. The Hall–Kier alpha value is -2.69. The molecule has 0 unspecified atom stereocenters. The van der Waals surface area contributed by atoms with E-state index >= 15 is 0 Å². The van der Waals surface area contributed by atoms with Gasteiger partial charge in [0, 0.05) is 23.4 Å². The maximum absolute atomic E-state index is 12.6. The Morgan fingerprint density at radius 2 is 2.03 bits per heavy atom. The number of para-hydroxylation sites is 1. The van der Waals surface area contributed by atoms with Gasteiger partial charge < -0.3 is 10.6 Å². The molecule has 2 N–H and O–H groups in total. The van der Waals surface area contributed by atoms with Crippen LogP contribution in [0.1, 0.15) is 29.3 Å². The van der Waals surface area contributed by atoms with Gasteiger partial charge in [0.05, 0.1) is 17.1 Å². The molecule has 0 aliphatic heterocycles. The lowest BCUT2D eigenvalue weighted by atomic mass is 10.3. The SMILES string of the molecule is O=C(CSc1nnc(NCCc2cccs2)s1)Nc1cc(C2CC2)nn1-c1ccccc1. The zero-order valence-electron chi connectivity index (χ0n) is 17.2.